The Kier molecular flexibility index (Phi) is 8.26. The van der Waals surface area contributed by atoms with Gasteiger partial charge in [-0.1, -0.05) is 72.3 Å². The van der Waals surface area contributed by atoms with E-state index < -0.39 is 15.9 Å². The van der Waals surface area contributed by atoms with Crippen molar-refractivity contribution in [2.45, 2.75) is 17.5 Å². The summed E-state index contributed by atoms with van der Waals surface area (Å²) in [7, 11) is 1.58. The minimum Gasteiger partial charge on any atom is -0.350 e. The second kappa shape index (κ2) is 10.9. The zero-order valence-electron chi connectivity index (χ0n) is 18.9. The summed E-state index contributed by atoms with van der Waals surface area (Å²) in [6.07, 6.45) is 0. The van der Waals surface area contributed by atoms with Crippen LogP contribution in [0.2, 0.25) is 5.02 Å². The molecule has 0 aliphatic rings. The van der Waals surface area contributed by atoms with E-state index in [1.807, 2.05) is 79.7 Å². The molecule has 1 N–H and O–H groups in total. The minimum absolute atomic E-state index is 0.0164. The molecule has 0 saturated heterocycles. The number of amides is 1. The maximum atomic E-state index is 13.1. The number of likely N-dealkylation sites (N-methyl/N-ethyl adjacent to an activating group) is 1. The lowest BCUT2D eigenvalue weighted by Crippen LogP contribution is -2.34. The Morgan fingerprint density at radius 2 is 1.55 bits per heavy atom. The number of sulfonamides is 1. The van der Waals surface area contributed by atoms with E-state index in [4.69, 9.17) is 11.6 Å². The predicted molar refractivity (Wildman–Crippen MR) is 132 cm³/mol. The first kappa shape index (κ1) is 24.9. The Labute approximate surface area is 200 Å². The molecule has 1 amide bonds. The number of carbonyl (C=O) groups excluding carboxylic acids is 1. The molecule has 8 heteroatoms. The van der Waals surface area contributed by atoms with Gasteiger partial charge in [0.1, 0.15) is 0 Å². The summed E-state index contributed by atoms with van der Waals surface area (Å²) in [5.41, 5.74) is 2.05. The number of nitrogens with one attached hydrogen (secondary N) is 1. The summed E-state index contributed by atoms with van der Waals surface area (Å²) in [5, 5.41) is 3.09. The van der Waals surface area contributed by atoms with E-state index in [1.54, 1.807) is 0 Å². The molecule has 3 rings (SSSR count). The minimum atomic E-state index is -3.81. The number of carbonyl (C=O) groups is 1. The fourth-order valence-electron chi connectivity index (χ4n) is 3.50. The van der Waals surface area contributed by atoms with Crippen LogP contribution in [0.3, 0.4) is 0 Å². The first-order valence-corrected chi connectivity index (χ1v) is 12.3. The van der Waals surface area contributed by atoms with E-state index in [2.05, 4.69) is 5.32 Å². The molecule has 1 atom stereocenters. The molecular weight excluding hydrogens is 458 g/mol. The predicted octanol–water partition coefficient (Wildman–Crippen LogP) is 4.19. The van der Waals surface area contributed by atoms with Gasteiger partial charge in [-0.15, -0.1) is 0 Å². The third-order valence-corrected chi connectivity index (χ3v) is 7.53. The smallest absolute Gasteiger partial charge is 0.252 e. The topological polar surface area (TPSA) is 69.7 Å². The van der Waals surface area contributed by atoms with Crippen molar-refractivity contribution in [3.8, 4) is 0 Å². The summed E-state index contributed by atoms with van der Waals surface area (Å²) in [4.78, 5) is 15.0. The van der Waals surface area contributed by atoms with Gasteiger partial charge in [-0.2, -0.15) is 4.31 Å². The zero-order chi connectivity index (χ0) is 24.0. The van der Waals surface area contributed by atoms with Gasteiger partial charge in [-0.25, -0.2) is 8.42 Å². The molecule has 174 valence electrons. The summed E-state index contributed by atoms with van der Waals surface area (Å²) in [5.74, 6) is -0.425. The van der Waals surface area contributed by atoms with E-state index >= 15 is 0 Å². The van der Waals surface area contributed by atoms with Gasteiger partial charge in [0.15, 0.2) is 0 Å². The van der Waals surface area contributed by atoms with E-state index in [1.165, 1.54) is 29.6 Å². The van der Waals surface area contributed by atoms with Crippen LogP contribution in [-0.4, -0.2) is 51.2 Å². The normalized spacial score (nSPS) is 12.7. The lowest BCUT2D eigenvalue weighted by atomic mass is 10.1. The fraction of sp³-hybridized carbons (Fsp3) is 0.240. The van der Waals surface area contributed by atoms with Gasteiger partial charge in [0.05, 0.1) is 21.5 Å². The van der Waals surface area contributed by atoms with Gasteiger partial charge in [-0.3, -0.25) is 4.79 Å². The number of rotatable bonds is 9. The quantitative estimate of drug-likeness (QED) is 0.493. The van der Waals surface area contributed by atoms with Crippen molar-refractivity contribution in [1.29, 1.82) is 0 Å². The van der Waals surface area contributed by atoms with Gasteiger partial charge in [0.25, 0.3) is 5.91 Å². The second-order valence-corrected chi connectivity index (χ2v) is 10.4. The van der Waals surface area contributed by atoms with Crippen molar-refractivity contribution >= 4 is 27.5 Å². The number of hydrogen-bond acceptors (Lipinski definition) is 4. The van der Waals surface area contributed by atoms with Gasteiger partial charge < -0.3 is 10.2 Å². The lowest BCUT2D eigenvalue weighted by Gasteiger charge is -2.25. The van der Waals surface area contributed by atoms with Gasteiger partial charge in [-0.05, 0) is 43.4 Å². The van der Waals surface area contributed by atoms with Gasteiger partial charge in [0.2, 0.25) is 10.0 Å². The summed E-state index contributed by atoms with van der Waals surface area (Å²) in [6, 6.07) is 23.3. The fourth-order valence-corrected chi connectivity index (χ4v) is 4.89. The molecule has 0 spiro atoms. The van der Waals surface area contributed by atoms with Crippen LogP contribution in [0.4, 0.5) is 0 Å². The number of hydrogen-bond donors (Lipinski definition) is 1. The zero-order valence-corrected chi connectivity index (χ0v) is 20.5. The third-order valence-electron chi connectivity index (χ3n) is 5.40. The van der Waals surface area contributed by atoms with Crippen LogP contribution in [0.15, 0.2) is 83.8 Å². The molecule has 0 aromatic heterocycles. The third kappa shape index (κ3) is 6.21. The van der Waals surface area contributed by atoms with Crippen LogP contribution < -0.4 is 5.32 Å². The van der Waals surface area contributed by atoms with Crippen LogP contribution in [-0.2, 0) is 16.6 Å². The van der Waals surface area contributed by atoms with Crippen LogP contribution in [0, 0.1) is 0 Å². The Morgan fingerprint density at radius 1 is 0.939 bits per heavy atom. The molecule has 33 heavy (non-hydrogen) atoms. The Hall–Kier alpha value is -2.71. The van der Waals surface area contributed by atoms with Crippen LogP contribution >= 0.6 is 11.6 Å². The highest BCUT2D eigenvalue weighted by Crippen LogP contribution is 2.24. The maximum absolute atomic E-state index is 13.1. The molecule has 0 bridgehead atoms. The monoisotopic (exact) mass is 485 g/mol. The van der Waals surface area contributed by atoms with Crippen molar-refractivity contribution in [3.05, 3.63) is 101 Å². The average molecular weight is 486 g/mol. The number of benzene rings is 3. The first-order chi connectivity index (χ1) is 15.7. The van der Waals surface area contributed by atoms with Crippen LogP contribution in [0.5, 0.6) is 0 Å². The first-order valence-electron chi connectivity index (χ1n) is 10.5. The molecule has 0 aliphatic heterocycles. The van der Waals surface area contributed by atoms with Crippen molar-refractivity contribution in [3.63, 3.8) is 0 Å². The van der Waals surface area contributed by atoms with E-state index in [0.717, 1.165) is 11.1 Å². The van der Waals surface area contributed by atoms with Crippen molar-refractivity contribution < 1.29 is 13.2 Å². The molecule has 3 aromatic rings. The largest absolute Gasteiger partial charge is 0.350 e. The second-order valence-electron chi connectivity index (χ2n) is 7.99. The molecule has 1 unspecified atom stereocenters. The van der Waals surface area contributed by atoms with E-state index in [0.29, 0.717) is 6.54 Å². The summed E-state index contributed by atoms with van der Waals surface area (Å²) >= 11 is 6.27. The molecular formula is C25H28ClN3O3S. The molecule has 0 aliphatic carbocycles. The molecule has 3 aromatic carbocycles. The Balaban J connectivity index is 1.78. The Morgan fingerprint density at radius 3 is 2.15 bits per heavy atom. The van der Waals surface area contributed by atoms with Crippen molar-refractivity contribution in [2.24, 2.45) is 0 Å². The van der Waals surface area contributed by atoms with Crippen molar-refractivity contribution in [1.82, 2.24) is 14.5 Å². The Bertz CT molecular complexity index is 1190. The van der Waals surface area contributed by atoms with Crippen molar-refractivity contribution in [2.75, 3.05) is 27.7 Å². The van der Waals surface area contributed by atoms with E-state index in [-0.39, 0.29) is 28.1 Å². The van der Waals surface area contributed by atoms with E-state index in [9.17, 15) is 13.2 Å². The molecule has 0 radical (unpaired) electrons. The molecule has 6 nitrogen and oxygen atoms in total. The standard InChI is InChI=1S/C25H28ClN3O3S/c1-28(2)24(20-12-8-5-9-13-20)17-27-25(30)22-16-21(14-15-23(22)26)33(31,32)29(3)18-19-10-6-4-7-11-19/h4-16,24H,17-18H2,1-3H3,(H,27,30). The SMILES string of the molecule is CN(C)C(CNC(=O)c1cc(S(=O)(=O)N(C)Cc2ccccc2)ccc1Cl)c1ccccc1. The molecule has 0 saturated carbocycles. The summed E-state index contributed by atoms with van der Waals surface area (Å²) < 4.78 is 27.5. The van der Waals surface area contributed by atoms with Gasteiger partial charge in [0, 0.05) is 20.1 Å². The molecule has 0 fully saturated rings. The van der Waals surface area contributed by atoms with Gasteiger partial charge >= 0.3 is 0 Å². The highest BCUT2D eigenvalue weighted by atomic mass is 35.5. The average Bonchev–Trinajstić information content (AvgIpc) is 2.80. The number of halogens is 1. The van der Waals surface area contributed by atoms with Crippen LogP contribution in [0.1, 0.15) is 27.5 Å². The number of nitrogens with zero attached hydrogens (tertiary/aromatic N) is 2. The maximum Gasteiger partial charge on any atom is 0.252 e. The van der Waals surface area contributed by atoms with Crippen LogP contribution in [0.25, 0.3) is 0 Å². The molecule has 0 heterocycles. The lowest BCUT2D eigenvalue weighted by molar-refractivity contribution is 0.0942. The highest BCUT2D eigenvalue weighted by Gasteiger charge is 2.24. The highest BCUT2D eigenvalue weighted by molar-refractivity contribution is 7.89. The summed E-state index contributed by atoms with van der Waals surface area (Å²) in [6.45, 7) is 0.561.